The minimum absolute atomic E-state index is 0.196. The lowest BCUT2D eigenvalue weighted by atomic mass is 9.96. The van der Waals surface area contributed by atoms with Crippen LogP contribution in [0.4, 0.5) is 0 Å². The van der Waals surface area contributed by atoms with E-state index in [9.17, 15) is 9.59 Å². The van der Waals surface area contributed by atoms with Gasteiger partial charge in [-0.3, -0.25) is 14.6 Å². The standard InChI is InChI=1S/C14H25N3O2.C3H9N.C2H6/c1-13(19)17-8-6-16(7-9-17)12-14-2-4-15(5-3-14)10-11-18;1-4(2)3;1-2/h11,14H,2-10,12H2,1H3;1-3H3;1-2H3. The number of amides is 1. The summed E-state index contributed by atoms with van der Waals surface area (Å²) in [5.41, 5.74) is 0. The van der Waals surface area contributed by atoms with Gasteiger partial charge in [0.2, 0.25) is 5.91 Å². The SMILES string of the molecule is CC.CC(=O)N1CCN(CC2CCN(CC=O)CC2)CC1.CN(C)C. The molecular formula is C19H40N4O2. The molecule has 1 amide bonds. The number of hydrogen-bond acceptors (Lipinski definition) is 5. The molecule has 6 heteroatoms. The molecule has 0 N–H and O–H groups in total. The van der Waals surface area contributed by atoms with Crippen molar-refractivity contribution in [1.29, 1.82) is 0 Å². The molecule has 0 aromatic rings. The average Bonchev–Trinajstić information content (AvgIpc) is 2.59. The third-order valence-corrected chi connectivity index (χ3v) is 4.37. The van der Waals surface area contributed by atoms with Gasteiger partial charge in [0.05, 0.1) is 6.54 Å². The second-order valence-corrected chi connectivity index (χ2v) is 7.06. The summed E-state index contributed by atoms with van der Waals surface area (Å²) in [6.07, 6.45) is 3.39. The van der Waals surface area contributed by atoms with E-state index in [1.165, 1.54) is 12.8 Å². The van der Waals surface area contributed by atoms with E-state index < -0.39 is 0 Å². The molecule has 2 rings (SSSR count). The van der Waals surface area contributed by atoms with Crippen molar-refractivity contribution < 1.29 is 9.59 Å². The molecular weight excluding hydrogens is 316 g/mol. The number of carbonyl (C=O) groups is 2. The number of rotatable bonds is 4. The van der Waals surface area contributed by atoms with Gasteiger partial charge in [-0.15, -0.1) is 0 Å². The van der Waals surface area contributed by atoms with Crippen molar-refractivity contribution in [3.8, 4) is 0 Å². The molecule has 25 heavy (non-hydrogen) atoms. The summed E-state index contributed by atoms with van der Waals surface area (Å²) in [6.45, 7) is 13.3. The van der Waals surface area contributed by atoms with E-state index in [1.807, 2.05) is 44.8 Å². The summed E-state index contributed by atoms with van der Waals surface area (Å²) in [4.78, 5) is 30.4. The molecule has 6 nitrogen and oxygen atoms in total. The van der Waals surface area contributed by atoms with Crippen LogP contribution in [0, 0.1) is 5.92 Å². The Morgan fingerprint density at radius 3 is 1.84 bits per heavy atom. The molecule has 0 aromatic heterocycles. The zero-order valence-electron chi connectivity index (χ0n) is 17.3. The van der Waals surface area contributed by atoms with Crippen LogP contribution in [0.3, 0.4) is 0 Å². The summed E-state index contributed by atoms with van der Waals surface area (Å²) >= 11 is 0. The smallest absolute Gasteiger partial charge is 0.219 e. The molecule has 0 aromatic carbocycles. The highest BCUT2D eigenvalue weighted by Gasteiger charge is 2.24. The molecule has 0 unspecified atom stereocenters. The summed E-state index contributed by atoms with van der Waals surface area (Å²) in [5.74, 6) is 0.952. The monoisotopic (exact) mass is 356 g/mol. The van der Waals surface area contributed by atoms with Crippen LogP contribution < -0.4 is 0 Å². The first kappa shape index (κ1) is 24.0. The Morgan fingerprint density at radius 2 is 1.44 bits per heavy atom. The highest BCUT2D eigenvalue weighted by atomic mass is 16.2. The molecule has 2 aliphatic rings. The van der Waals surface area contributed by atoms with Crippen molar-refractivity contribution in [2.75, 3.05) is 73.5 Å². The summed E-state index contributed by atoms with van der Waals surface area (Å²) < 4.78 is 0. The Labute approximate surface area is 155 Å². The van der Waals surface area contributed by atoms with Gasteiger partial charge in [-0.05, 0) is 53.0 Å². The molecule has 0 spiro atoms. The lowest BCUT2D eigenvalue weighted by molar-refractivity contribution is -0.130. The van der Waals surface area contributed by atoms with Gasteiger partial charge in [0, 0.05) is 39.6 Å². The number of piperazine rings is 1. The van der Waals surface area contributed by atoms with E-state index in [1.54, 1.807) is 6.92 Å². The molecule has 2 fully saturated rings. The third-order valence-electron chi connectivity index (χ3n) is 4.37. The maximum absolute atomic E-state index is 11.3. The zero-order chi connectivity index (χ0) is 19.2. The second-order valence-electron chi connectivity index (χ2n) is 7.06. The van der Waals surface area contributed by atoms with Crippen LogP contribution in [-0.4, -0.2) is 105 Å². The summed E-state index contributed by atoms with van der Waals surface area (Å²) in [6, 6.07) is 0. The van der Waals surface area contributed by atoms with Gasteiger partial charge in [0.25, 0.3) is 0 Å². The Bertz CT molecular complexity index is 345. The highest BCUT2D eigenvalue weighted by Crippen LogP contribution is 2.18. The van der Waals surface area contributed by atoms with Gasteiger partial charge in [-0.25, -0.2) is 0 Å². The molecule has 0 atom stereocenters. The predicted octanol–water partition coefficient (Wildman–Crippen LogP) is 1.27. The van der Waals surface area contributed by atoms with Gasteiger partial charge >= 0.3 is 0 Å². The average molecular weight is 357 g/mol. The zero-order valence-corrected chi connectivity index (χ0v) is 17.3. The van der Waals surface area contributed by atoms with Crippen molar-refractivity contribution in [3.05, 3.63) is 0 Å². The van der Waals surface area contributed by atoms with Crippen molar-refractivity contribution >= 4 is 12.2 Å². The molecule has 0 aliphatic carbocycles. The van der Waals surface area contributed by atoms with E-state index in [4.69, 9.17) is 0 Å². The topological polar surface area (TPSA) is 47.1 Å². The fourth-order valence-electron chi connectivity index (χ4n) is 3.07. The van der Waals surface area contributed by atoms with Crippen molar-refractivity contribution in [3.63, 3.8) is 0 Å². The Morgan fingerprint density at radius 1 is 0.960 bits per heavy atom. The van der Waals surface area contributed by atoms with Gasteiger partial charge in [-0.1, -0.05) is 13.8 Å². The molecule has 0 radical (unpaired) electrons. The van der Waals surface area contributed by atoms with E-state index in [-0.39, 0.29) is 5.91 Å². The third kappa shape index (κ3) is 11.3. The van der Waals surface area contributed by atoms with Crippen LogP contribution in [0.25, 0.3) is 0 Å². The Kier molecular flexibility index (Phi) is 13.7. The number of hydrogen-bond donors (Lipinski definition) is 0. The number of nitrogens with zero attached hydrogens (tertiary/aromatic N) is 4. The minimum atomic E-state index is 0.196. The van der Waals surface area contributed by atoms with Crippen molar-refractivity contribution in [2.45, 2.75) is 33.6 Å². The second kappa shape index (κ2) is 14.2. The molecule has 0 saturated carbocycles. The van der Waals surface area contributed by atoms with Crippen LogP contribution in [0.1, 0.15) is 33.6 Å². The number of aldehydes is 1. The fraction of sp³-hybridized carbons (Fsp3) is 0.895. The lowest BCUT2D eigenvalue weighted by Crippen LogP contribution is -2.50. The Balaban J connectivity index is 0.000000845. The molecule has 148 valence electrons. The van der Waals surface area contributed by atoms with Gasteiger partial charge in [-0.2, -0.15) is 0 Å². The van der Waals surface area contributed by atoms with Gasteiger partial charge in [0.1, 0.15) is 6.29 Å². The van der Waals surface area contributed by atoms with Gasteiger partial charge in [0.15, 0.2) is 0 Å². The number of piperidine rings is 1. The molecule has 2 aliphatic heterocycles. The van der Waals surface area contributed by atoms with Crippen LogP contribution >= 0.6 is 0 Å². The normalized spacial score (nSPS) is 19.6. The van der Waals surface area contributed by atoms with E-state index >= 15 is 0 Å². The first-order valence-electron chi connectivity index (χ1n) is 9.67. The van der Waals surface area contributed by atoms with Crippen LogP contribution in [-0.2, 0) is 9.59 Å². The predicted molar refractivity (Wildman–Crippen MR) is 105 cm³/mol. The van der Waals surface area contributed by atoms with Gasteiger partial charge < -0.3 is 14.6 Å². The fourth-order valence-corrected chi connectivity index (χ4v) is 3.07. The molecule has 2 heterocycles. The molecule has 2 saturated heterocycles. The highest BCUT2D eigenvalue weighted by molar-refractivity contribution is 5.73. The maximum Gasteiger partial charge on any atom is 0.219 e. The summed E-state index contributed by atoms with van der Waals surface area (Å²) in [5, 5.41) is 0. The van der Waals surface area contributed by atoms with Crippen LogP contribution in [0.2, 0.25) is 0 Å². The first-order valence-corrected chi connectivity index (χ1v) is 9.67. The lowest BCUT2D eigenvalue weighted by Gasteiger charge is -2.38. The van der Waals surface area contributed by atoms with E-state index in [2.05, 4.69) is 9.80 Å². The maximum atomic E-state index is 11.3. The quantitative estimate of drug-likeness (QED) is 0.710. The van der Waals surface area contributed by atoms with E-state index in [0.717, 1.165) is 58.0 Å². The minimum Gasteiger partial charge on any atom is -0.340 e. The van der Waals surface area contributed by atoms with Crippen LogP contribution in [0.5, 0.6) is 0 Å². The van der Waals surface area contributed by atoms with Crippen molar-refractivity contribution in [1.82, 2.24) is 19.6 Å². The van der Waals surface area contributed by atoms with Crippen LogP contribution in [0.15, 0.2) is 0 Å². The first-order chi connectivity index (χ1) is 11.9. The van der Waals surface area contributed by atoms with E-state index in [0.29, 0.717) is 6.54 Å². The number of likely N-dealkylation sites (tertiary alicyclic amines) is 1. The largest absolute Gasteiger partial charge is 0.340 e. The molecule has 0 bridgehead atoms. The summed E-state index contributed by atoms with van der Waals surface area (Å²) in [7, 11) is 6.00. The van der Waals surface area contributed by atoms with Crippen molar-refractivity contribution in [2.24, 2.45) is 5.92 Å². The Hall–Kier alpha value is -0.980. The number of carbonyl (C=O) groups excluding carboxylic acids is 2.